The largest absolute Gasteiger partial charge is 0.384 e. The zero-order valence-electron chi connectivity index (χ0n) is 23.0. The number of anilines is 2. The zero-order valence-corrected chi connectivity index (χ0v) is 23.0. The Morgan fingerprint density at radius 2 is 1.68 bits per heavy atom. The smallest absolute Gasteiger partial charge is 0.276 e. The van der Waals surface area contributed by atoms with Crippen LogP contribution in [0.5, 0.6) is 0 Å². The van der Waals surface area contributed by atoms with Crippen LogP contribution in [0.2, 0.25) is 0 Å². The second-order valence-corrected chi connectivity index (χ2v) is 9.68. The third-order valence-corrected chi connectivity index (χ3v) is 6.81. The van der Waals surface area contributed by atoms with Gasteiger partial charge >= 0.3 is 0 Å². The standard InChI is InChI=1S/C28H31N11O2/c1-4-39-22(12-16(3)36-39)26(41)35-28-34-20-14-18(25(31)40)11-15(2)23(20)38(28)10-6-5-9-37-21-8-7-17(24(29)30)13-19(21)33-27(37)32/h5-8,11-14H,4,9-10H2,1-3H3,(H3,29,30)(H2,31,40)(H2,32,33)(H,34,35,41)/b6-5+. The van der Waals surface area contributed by atoms with E-state index >= 15 is 0 Å². The maximum atomic E-state index is 13.2. The van der Waals surface area contributed by atoms with E-state index in [9.17, 15) is 9.59 Å². The normalized spacial score (nSPS) is 11.6. The van der Waals surface area contributed by atoms with Gasteiger partial charge in [0.15, 0.2) is 0 Å². The molecule has 0 unspecified atom stereocenters. The zero-order chi connectivity index (χ0) is 29.4. The Morgan fingerprint density at radius 3 is 2.37 bits per heavy atom. The quantitative estimate of drug-likeness (QED) is 0.105. The Bertz CT molecular complexity index is 1870. The molecular weight excluding hydrogens is 522 g/mol. The molecule has 0 bridgehead atoms. The van der Waals surface area contributed by atoms with Crippen LogP contribution < -0.4 is 22.5 Å². The molecule has 13 nitrogen and oxygen atoms in total. The highest BCUT2D eigenvalue weighted by Gasteiger charge is 2.20. The molecule has 3 aromatic heterocycles. The molecule has 0 saturated carbocycles. The molecule has 8 N–H and O–H groups in total. The molecule has 5 aromatic rings. The van der Waals surface area contributed by atoms with Crippen molar-refractivity contribution >= 4 is 51.6 Å². The fourth-order valence-electron chi connectivity index (χ4n) is 4.90. The predicted octanol–water partition coefficient (Wildman–Crippen LogP) is 2.69. The number of hydrogen-bond acceptors (Lipinski definition) is 7. The van der Waals surface area contributed by atoms with Gasteiger partial charge in [-0.25, -0.2) is 9.97 Å². The first-order chi connectivity index (χ1) is 19.6. The van der Waals surface area contributed by atoms with Crippen LogP contribution in [0.25, 0.3) is 22.1 Å². The van der Waals surface area contributed by atoms with E-state index in [4.69, 9.17) is 22.6 Å². The summed E-state index contributed by atoms with van der Waals surface area (Å²) in [6.45, 7) is 6.96. The molecule has 0 radical (unpaired) electrons. The van der Waals surface area contributed by atoms with Crippen LogP contribution in [0.1, 0.15) is 44.6 Å². The van der Waals surface area contributed by atoms with Gasteiger partial charge < -0.3 is 26.3 Å². The van der Waals surface area contributed by atoms with E-state index in [0.29, 0.717) is 59.4 Å². The van der Waals surface area contributed by atoms with Crippen molar-refractivity contribution < 1.29 is 9.59 Å². The molecule has 3 heterocycles. The number of carbonyl (C=O) groups excluding carboxylic acids is 2. The highest BCUT2D eigenvalue weighted by Crippen LogP contribution is 2.26. The molecule has 0 saturated heterocycles. The Labute approximate surface area is 235 Å². The summed E-state index contributed by atoms with van der Waals surface area (Å²) < 4.78 is 5.36. The molecular formula is C28H31N11O2. The molecule has 0 atom stereocenters. The second-order valence-electron chi connectivity index (χ2n) is 9.68. The van der Waals surface area contributed by atoms with Crippen molar-refractivity contribution in [2.24, 2.45) is 11.5 Å². The number of aryl methyl sites for hydroxylation is 3. The molecule has 0 spiro atoms. The molecule has 5 rings (SSSR count). The van der Waals surface area contributed by atoms with Crippen LogP contribution in [0.15, 0.2) is 48.6 Å². The summed E-state index contributed by atoms with van der Waals surface area (Å²) in [7, 11) is 0. The van der Waals surface area contributed by atoms with Gasteiger partial charge in [0.2, 0.25) is 17.8 Å². The van der Waals surface area contributed by atoms with E-state index in [2.05, 4.69) is 20.4 Å². The van der Waals surface area contributed by atoms with Gasteiger partial charge in [-0.1, -0.05) is 12.2 Å². The van der Waals surface area contributed by atoms with Crippen LogP contribution in [0.3, 0.4) is 0 Å². The number of amidine groups is 1. The van der Waals surface area contributed by atoms with Gasteiger partial charge in [-0.3, -0.25) is 25.0 Å². The van der Waals surface area contributed by atoms with Crippen molar-refractivity contribution in [3.63, 3.8) is 0 Å². The first kappa shape index (κ1) is 27.1. The number of aromatic nitrogens is 6. The fraction of sp³-hybridized carbons (Fsp3) is 0.214. The minimum Gasteiger partial charge on any atom is -0.384 e. The third kappa shape index (κ3) is 5.12. The van der Waals surface area contributed by atoms with Crippen LogP contribution >= 0.6 is 0 Å². The Morgan fingerprint density at radius 1 is 0.976 bits per heavy atom. The highest BCUT2D eigenvalue weighted by molar-refractivity contribution is 6.04. The van der Waals surface area contributed by atoms with Gasteiger partial charge in [-0.2, -0.15) is 5.10 Å². The number of nitrogens with zero attached hydrogens (tertiary/aromatic N) is 6. The predicted molar refractivity (Wildman–Crippen MR) is 158 cm³/mol. The molecule has 210 valence electrons. The minimum absolute atomic E-state index is 0.0390. The van der Waals surface area contributed by atoms with Gasteiger partial charge in [0.1, 0.15) is 11.5 Å². The van der Waals surface area contributed by atoms with Crippen molar-refractivity contribution in [1.29, 1.82) is 5.41 Å². The SMILES string of the molecule is CCn1nc(C)cc1C(=O)Nc1nc2cc(C(N)=O)cc(C)c2n1C/C=C/Cn1c(N)nc2cc(C(=N)N)ccc21. The number of imidazole rings is 2. The number of primary amides is 1. The average molecular weight is 554 g/mol. The number of hydrogen-bond donors (Lipinski definition) is 5. The van der Waals surface area contributed by atoms with Crippen LogP contribution in [-0.4, -0.2) is 46.5 Å². The Balaban J connectivity index is 1.47. The van der Waals surface area contributed by atoms with Gasteiger partial charge in [0.25, 0.3) is 5.91 Å². The van der Waals surface area contributed by atoms with Gasteiger partial charge in [-0.05, 0) is 62.7 Å². The van der Waals surface area contributed by atoms with Gasteiger partial charge in [-0.15, -0.1) is 0 Å². The topological polar surface area (TPSA) is 202 Å². The van der Waals surface area contributed by atoms with E-state index in [1.54, 1.807) is 35.0 Å². The lowest BCUT2D eigenvalue weighted by Gasteiger charge is -2.10. The van der Waals surface area contributed by atoms with E-state index in [0.717, 1.165) is 22.3 Å². The van der Waals surface area contributed by atoms with E-state index in [1.165, 1.54) is 0 Å². The van der Waals surface area contributed by atoms with Gasteiger partial charge in [0, 0.05) is 30.8 Å². The van der Waals surface area contributed by atoms with E-state index in [-0.39, 0.29) is 11.7 Å². The lowest BCUT2D eigenvalue weighted by atomic mass is 10.1. The minimum atomic E-state index is -0.557. The number of nitrogens with two attached hydrogens (primary N) is 3. The summed E-state index contributed by atoms with van der Waals surface area (Å²) in [5, 5.41) is 14.9. The molecule has 13 heteroatoms. The summed E-state index contributed by atoms with van der Waals surface area (Å²) in [6, 6.07) is 10.4. The Hall–Kier alpha value is -5.46. The highest BCUT2D eigenvalue weighted by atomic mass is 16.2. The number of benzene rings is 2. The first-order valence-corrected chi connectivity index (χ1v) is 13.0. The average Bonchev–Trinajstić information content (AvgIpc) is 3.58. The van der Waals surface area contributed by atoms with E-state index < -0.39 is 5.91 Å². The van der Waals surface area contributed by atoms with Crippen molar-refractivity contribution in [1.82, 2.24) is 28.9 Å². The maximum absolute atomic E-state index is 13.2. The van der Waals surface area contributed by atoms with Crippen LogP contribution in [0, 0.1) is 19.3 Å². The number of amides is 2. The summed E-state index contributed by atoms with van der Waals surface area (Å²) in [5.41, 5.74) is 22.9. The monoisotopic (exact) mass is 553 g/mol. The molecule has 0 aliphatic carbocycles. The number of fused-ring (bicyclic) bond motifs is 2. The molecule has 0 aliphatic rings. The van der Waals surface area contributed by atoms with Crippen molar-refractivity contribution in [3.05, 3.63) is 76.6 Å². The number of nitrogen functional groups attached to an aromatic ring is 2. The summed E-state index contributed by atoms with van der Waals surface area (Å²) in [4.78, 5) is 34.2. The number of nitrogens with one attached hydrogen (secondary N) is 2. The first-order valence-electron chi connectivity index (χ1n) is 13.0. The number of carbonyl (C=O) groups is 2. The van der Waals surface area contributed by atoms with E-state index in [1.807, 2.05) is 48.1 Å². The lowest BCUT2D eigenvalue weighted by molar-refractivity contribution is 0.0996. The van der Waals surface area contributed by atoms with Crippen LogP contribution in [0.4, 0.5) is 11.9 Å². The molecule has 2 amide bonds. The molecule has 0 aliphatic heterocycles. The lowest BCUT2D eigenvalue weighted by Crippen LogP contribution is -2.20. The molecule has 41 heavy (non-hydrogen) atoms. The maximum Gasteiger partial charge on any atom is 0.276 e. The van der Waals surface area contributed by atoms with Gasteiger partial charge in [0.05, 0.1) is 27.8 Å². The van der Waals surface area contributed by atoms with Crippen molar-refractivity contribution in [2.75, 3.05) is 11.1 Å². The van der Waals surface area contributed by atoms with Crippen LogP contribution in [-0.2, 0) is 19.6 Å². The Kier molecular flexibility index (Phi) is 7.01. The fourth-order valence-corrected chi connectivity index (χ4v) is 4.90. The summed E-state index contributed by atoms with van der Waals surface area (Å²) in [6.07, 6.45) is 3.88. The third-order valence-electron chi connectivity index (χ3n) is 6.81. The van der Waals surface area contributed by atoms with Crippen molar-refractivity contribution in [3.8, 4) is 0 Å². The number of allylic oxidation sites excluding steroid dienone is 2. The molecule has 2 aromatic carbocycles. The second kappa shape index (κ2) is 10.6. The summed E-state index contributed by atoms with van der Waals surface area (Å²) in [5.74, 6) is -0.279. The summed E-state index contributed by atoms with van der Waals surface area (Å²) >= 11 is 0. The molecule has 0 fully saturated rings. The van der Waals surface area contributed by atoms with Crippen molar-refractivity contribution in [2.45, 2.75) is 40.4 Å². The number of rotatable bonds is 9.